The molecule has 1 amide bonds. The Balaban J connectivity index is 2.70. The molecule has 1 aromatic carbocycles. The summed E-state index contributed by atoms with van der Waals surface area (Å²) < 4.78 is 16.0. The van der Waals surface area contributed by atoms with Crippen LogP contribution in [0.3, 0.4) is 0 Å². The highest BCUT2D eigenvalue weighted by molar-refractivity contribution is 5.85. The molecule has 0 aliphatic carbocycles. The van der Waals surface area contributed by atoms with E-state index >= 15 is 0 Å². The number of carbonyl (C=O) groups excluding carboxylic acids is 1. The fourth-order valence-corrected chi connectivity index (χ4v) is 1.53. The molecule has 0 aromatic heterocycles. The van der Waals surface area contributed by atoms with Crippen LogP contribution in [0.25, 0.3) is 0 Å². The summed E-state index contributed by atoms with van der Waals surface area (Å²) in [6.07, 6.45) is -0.467. The lowest BCUT2D eigenvalue weighted by Gasteiger charge is -2.13. The van der Waals surface area contributed by atoms with Crippen molar-refractivity contribution in [1.82, 2.24) is 0 Å². The molecule has 0 saturated carbocycles. The summed E-state index contributed by atoms with van der Waals surface area (Å²) in [5.41, 5.74) is 0.616. The molecule has 0 heterocycles. The molecule has 1 N–H and O–H groups in total. The van der Waals surface area contributed by atoms with E-state index in [0.29, 0.717) is 42.9 Å². The molecule has 0 radical (unpaired) electrons. The van der Waals surface area contributed by atoms with Crippen molar-refractivity contribution in [2.45, 2.75) is 27.7 Å². The van der Waals surface area contributed by atoms with Crippen molar-refractivity contribution in [2.24, 2.45) is 5.92 Å². The molecule has 1 rings (SSSR count). The zero-order valence-corrected chi connectivity index (χ0v) is 12.6. The van der Waals surface area contributed by atoms with Crippen LogP contribution in [0, 0.1) is 5.92 Å². The van der Waals surface area contributed by atoms with E-state index in [1.165, 1.54) is 0 Å². The molecule has 0 bridgehead atoms. The van der Waals surface area contributed by atoms with Crippen LogP contribution in [0.1, 0.15) is 27.7 Å². The maximum atomic E-state index is 11.6. The largest absolute Gasteiger partial charge is 0.490 e. The van der Waals surface area contributed by atoms with Crippen LogP contribution in [0.4, 0.5) is 10.5 Å². The van der Waals surface area contributed by atoms with Crippen molar-refractivity contribution in [3.05, 3.63) is 18.2 Å². The first-order valence-electron chi connectivity index (χ1n) is 6.90. The third kappa shape index (κ3) is 5.38. The van der Waals surface area contributed by atoms with Gasteiger partial charge in [0, 0.05) is 11.8 Å². The first-order valence-corrected chi connectivity index (χ1v) is 6.90. The topological polar surface area (TPSA) is 56.8 Å². The van der Waals surface area contributed by atoms with Crippen LogP contribution < -0.4 is 14.8 Å². The lowest BCUT2D eigenvalue weighted by atomic mass is 10.2. The summed E-state index contributed by atoms with van der Waals surface area (Å²) in [6, 6.07) is 5.25. The highest BCUT2D eigenvalue weighted by Crippen LogP contribution is 2.30. The lowest BCUT2D eigenvalue weighted by molar-refractivity contribution is 0.147. The van der Waals surface area contributed by atoms with Gasteiger partial charge in [-0.2, -0.15) is 0 Å². The minimum Gasteiger partial charge on any atom is -0.490 e. The number of nitrogens with one attached hydrogen (secondary N) is 1. The van der Waals surface area contributed by atoms with Gasteiger partial charge in [0.1, 0.15) is 0 Å². The van der Waals surface area contributed by atoms with Gasteiger partial charge in [-0.05, 0) is 31.9 Å². The quantitative estimate of drug-likeness (QED) is 0.828. The van der Waals surface area contributed by atoms with Crippen molar-refractivity contribution in [3.63, 3.8) is 0 Å². The van der Waals surface area contributed by atoms with E-state index in [9.17, 15) is 4.79 Å². The third-order valence-corrected chi connectivity index (χ3v) is 2.34. The highest BCUT2D eigenvalue weighted by Gasteiger charge is 2.09. The number of rotatable bonds is 7. The highest BCUT2D eigenvalue weighted by atomic mass is 16.5. The Morgan fingerprint density at radius 2 is 1.80 bits per heavy atom. The van der Waals surface area contributed by atoms with Gasteiger partial charge in [-0.3, -0.25) is 5.32 Å². The fraction of sp³-hybridized carbons (Fsp3) is 0.533. The number of amides is 1. The van der Waals surface area contributed by atoms with Crippen molar-refractivity contribution >= 4 is 11.8 Å². The van der Waals surface area contributed by atoms with Crippen molar-refractivity contribution in [3.8, 4) is 11.5 Å². The summed E-state index contributed by atoms with van der Waals surface area (Å²) in [7, 11) is 0. The van der Waals surface area contributed by atoms with Crippen LogP contribution >= 0.6 is 0 Å². The van der Waals surface area contributed by atoms with Gasteiger partial charge in [0.2, 0.25) is 0 Å². The average molecular weight is 281 g/mol. The van der Waals surface area contributed by atoms with E-state index < -0.39 is 6.09 Å². The second kappa shape index (κ2) is 8.30. The molecule has 1 aromatic rings. The Morgan fingerprint density at radius 1 is 1.15 bits per heavy atom. The van der Waals surface area contributed by atoms with Gasteiger partial charge < -0.3 is 14.2 Å². The standard InChI is InChI=1S/C15H23NO4/c1-5-18-13-8-7-12(9-14(13)19-6-2)16-15(17)20-10-11(3)4/h7-9,11H,5-6,10H2,1-4H3,(H,16,17). The predicted octanol–water partition coefficient (Wildman–Crippen LogP) is 3.69. The Hall–Kier alpha value is -1.91. The molecule has 0 atom stereocenters. The number of ether oxygens (including phenoxy) is 3. The van der Waals surface area contributed by atoms with Crippen molar-refractivity contribution < 1.29 is 19.0 Å². The molecule has 0 fully saturated rings. The van der Waals surface area contributed by atoms with Gasteiger partial charge in [-0.1, -0.05) is 13.8 Å². The van der Waals surface area contributed by atoms with E-state index in [1.807, 2.05) is 27.7 Å². The number of hydrogen-bond acceptors (Lipinski definition) is 4. The number of carbonyl (C=O) groups is 1. The van der Waals surface area contributed by atoms with E-state index in [0.717, 1.165) is 0 Å². The van der Waals surface area contributed by atoms with E-state index in [-0.39, 0.29) is 0 Å². The van der Waals surface area contributed by atoms with Gasteiger partial charge in [0.15, 0.2) is 11.5 Å². The zero-order chi connectivity index (χ0) is 15.0. The number of anilines is 1. The number of benzene rings is 1. The third-order valence-electron chi connectivity index (χ3n) is 2.34. The smallest absolute Gasteiger partial charge is 0.411 e. The SMILES string of the molecule is CCOc1ccc(NC(=O)OCC(C)C)cc1OCC. The number of hydrogen-bond donors (Lipinski definition) is 1. The molecule has 20 heavy (non-hydrogen) atoms. The van der Waals surface area contributed by atoms with E-state index in [2.05, 4.69) is 5.32 Å². The Labute approximate surface area is 120 Å². The van der Waals surface area contributed by atoms with Crippen molar-refractivity contribution in [1.29, 1.82) is 0 Å². The first kappa shape index (κ1) is 16.1. The summed E-state index contributed by atoms with van der Waals surface area (Å²) in [5.74, 6) is 1.58. The molecule has 0 unspecified atom stereocenters. The van der Waals surface area contributed by atoms with Gasteiger partial charge in [0.25, 0.3) is 0 Å². The molecule has 0 aliphatic rings. The zero-order valence-electron chi connectivity index (χ0n) is 12.6. The lowest BCUT2D eigenvalue weighted by Crippen LogP contribution is -2.16. The first-order chi connectivity index (χ1) is 9.56. The summed E-state index contributed by atoms with van der Waals surface area (Å²) >= 11 is 0. The van der Waals surface area contributed by atoms with Gasteiger partial charge >= 0.3 is 6.09 Å². The molecule has 5 heteroatoms. The maximum absolute atomic E-state index is 11.6. The molecule has 0 spiro atoms. The minimum atomic E-state index is -0.467. The Kier molecular flexibility index (Phi) is 6.70. The molecule has 112 valence electrons. The monoisotopic (exact) mass is 281 g/mol. The molecule has 0 saturated heterocycles. The summed E-state index contributed by atoms with van der Waals surface area (Å²) in [6.45, 7) is 9.25. The van der Waals surface area contributed by atoms with Gasteiger partial charge in [-0.25, -0.2) is 4.79 Å². The molecule has 0 aliphatic heterocycles. The molecule has 5 nitrogen and oxygen atoms in total. The minimum absolute atomic E-state index is 0.306. The fourth-order valence-electron chi connectivity index (χ4n) is 1.53. The van der Waals surface area contributed by atoms with Crippen LogP contribution in [0.15, 0.2) is 18.2 Å². The second-order valence-corrected chi connectivity index (χ2v) is 4.64. The maximum Gasteiger partial charge on any atom is 0.411 e. The normalized spacial score (nSPS) is 10.2. The van der Waals surface area contributed by atoms with Crippen LogP contribution in [-0.2, 0) is 4.74 Å². The average Bonchev–Trinajstić information content (AvgIpc) is 2.40. The van der Waals surface area contributed by atoms with Gasteiger partial charge in [0.05, 0.1) is 19.8 Å². The Bertz CT molecular complexity index is 432. The predicted molar refractivity (Wildman–Crippen MR) is 78.6 cm³/mol. The molecular formula is C15H23NO4. The Morgan fingerprint density at radius 3 is 2.40 bits per heavy atom. The van der Waals surface area contributed by atoms with Crippen molar-refractivity contribution in [2.75, 3.05) is 25.1 Å². The summed E-state index contributed by atoms with van der Waals surface area (Å²) in [4.78, 5) is 11.6. The van der Waals surface area contributed by atoms with Crippen LogP contribution in [0.5, 0.6) is 11.5 Å². The van der Waals surface area contributed by atoms with Crippen LogP contribution in [-0.4, -0.2) is 25.9 Å². The van der Waals surface area contributed by atoms with E-state index in [4.69, 9.17) is 14.2 Å². The second-order valence-electron chi connectivity index (χ2n) is 4.64. The van der Waals surface area contributed by atoms with Crippen LogP contribution in [0.2, 0.25) is 0 Å². The van der Waals surface area contributed by atoms with E-state index in [1.54, 1.807) is 18.2 Å². The van der Waals surface area contributed by atoms with Gasteiger partial charge in [-0.15, -0.1) is 0 Å². The summed E-state index contributed by atoms with van der Waals surface area (Å²) in [5, 5.41) is 2.67. The molecular weight excluding hydrogens is 258 g/mol.